The fourth-order valence-electron chi connectivity index (χ4n) is 4.17. The Hall–Kier alpha value is -1.87. The summed E-state index contributed by atoms with van der Waals surface area (Å²) in [6.07, 6.45) is 16.5. The van der Waals surface area contributed by atoms with Gasteiger partial charge in [0.15, 0.2) is 0 Å². The van der Waals surface area contributed by atoms with Gasteiger partial charge in [-0.15, -0.1) is 0 Å². The summed E-state index contributed by atoms with van der Waals surface area (Å²) in [6.45, 7) is 10.9. The van der Waals surface area contributed by atoms with Gasteiger partial charge < -0.3 is 28.1 Å². The van der Waals surface area contributed by atoms with Gasteiger partial charge in [-0.05, 0) is 57.4 Å². The molecule has 0 spiro atoms. The van der Waals surface area contributed by atoms with Crippen LogP contribution in [0.1, 0.15) is 104 Å². The molecule has 0 saturated heterocycles. The third-order valence-corrected chi connectivity index (χ3v) is 9.26. The molecule has 0 atom stereocenters. The second-order valence-corrected chi connectivity index (χ2v) is 12.1. The van der Waals surface area contributed by atoms with Gasteiger partial charge in [0.05, 0.1) is 12.9 Å². The molecule has 0 radical (unpaired) electrons. The fourth-order valence-corrected chi connectivity index (χ4v) is 6.78. The molecule has 0 heterocycles. The Morgan fingerprint density at radius 3 is 1.87 bits per heavy atom. The van der Waals surface area contributed by atoms with Gasteiger partial charge in [-0.3, -0.25) is 0 Å². The third kappa shape index (κ3) is 16.9. The van der Waals surface area contributed by atoms with Crippen LogP contribution in [0.4, 0.5) is 4.79 Å². The Kier molecular flexibility index (Phi) is 20.7. The lowest BCUT2D eigenvalue weighted by molar-refractivity contribution is 0.0707. The quantitative estimate of drug-likeness (QED) is 0.0794. The van der Waals surface area contributed by atoms with Crippen LogP contribution in [0.15, 0.2) is 30.5 Å². The molecule has 0 aliphatic heterocycles. The third-order valence-electron chi connectivity index (χ3n) is 6.10. The van der Waals surface area contributed by atoms with Crippen LogP contribution in [0.3, 0.4) is 0 Å². The van der Waals surface area contributed by atoms with E-state index >= 15 is 0 Å². The minimum atomic E-state index is -2.68. The summed E-state index contributed by atoms with van der Waals surface area (Å²) in [6, 6.07) is 8.44. The van der Waals surface area contributed by atoms with Gasteiger partial charge in [0.2, 0.25) is 0 Å². The van der Waals surface area contributed by atoms with Crippen molar-refractivity contribution in [2.75, 3.05) is 33.0 Å². The van der Waals surface area contributed by atoms with Gasteiger partial charge in [0.25, 0.3) is 0 Å². The van der Waals surface area contributed by atoms with E-state index in [0.29, 0.717) is 38.8 Å². The molecule has 1 aromatic carbocycles. The fraction of sp³-hybridized carbons (Fsp3) is 0.700. The van der Waals surface area contributed by atoms with Gasteiger partial charge in [-0.2, -0.15) is 0 Å². The highest BCUT2D eigenvalue weighted by atomic mass is 28.4. The monoisotopic (exact) mass is 551 g/mol. The Bertz CT molecular complexity index is 711. The molecule has 1 amide bonds. The van der Waals surface area contributed by atoms with Crippen molar-refractivity contribution >= 4 is 21.0 Å². The number of carbonyl (C=O) groups excluding carboxylic acids is 1. The molecule has 1 rings (SSSR count). The van der Waals surface area contributed by atoms with Crippen molar-refractivity contribution in [3.8, 4) is 5.75 Å². The zero-order chi connectivity index (χ0) is 27.7. The SMILES string of the molecule is CCCCCCCCCCCCOc1ccc(/C=C/OC(=O)NCCC[Si](OCC)(OCC)OCC)cc1. The molecule has 8 heteroatoms. The highest BCUT2D eigenvalue weighted by Crippen LogP contribution is 2.18. The van der Waals surface area contributed by atoms with E-state index in [0.717, 1.165) is 24.3 Å². The van der Waals surface area contributed by atoms with E-state index in [1.807, 2.05) is 45.0 Å². The Labute approximate surface area is 233 Å². The Morgan fingerprint density at radius 1 is 0.763 bits per heavy atom. The van der Waals surface area contributed by atoms with Crippen molar-refractivity contribution in [2.24, 2.45) is 0 Å². The van der Waals surface area contributed by atoms with Crippen LogP contribution in [0.2, 0.25) is 6.04 Å². The summed E-state index contributed by atoms with van der Waals surface area (Å²) in [5, 5.41) is 2.75. The highest BCUT2D eigenvalue weighted by Gasteiger charge is 2.39. The van der Waals surface area contributed by atoms with Crippen molar-refractivity contribution < 1.29 is 27.5 Å². The molecule has 0 unspecified atom stereocenters. The summed E-state index contributed by atoms with van der Waals surface area (Å²) < 4.78 is 28.5. The van der Waals surface area contributed by atoms with Gasteiger partial charge >= 0.3 is 14.9 Å². The number of rotatable bonds is 24. The number of alkyl carbamates (subject to hydrolysis) is 1. The second-order valence-electron chi connectivity index (χ2n) is 9.32. The van der Waals surface area contributed by atoms with Crippen LogP contribution in [0.5, 0.6) is 5.75 Å². The number of hydrogen-bond acceptors (Lipinski definition) is 6. The van der Waals surface area contributed by atoms with E-state index in [-0.39, 0.29) is 0 Å². The number of nitrogens with one attached hydrogen (secondary N) is 1. The maximum absolute atomic E-state index is 12.0. The predicted octanol–water partition coefficient (Wildman–Crippen LogP) is 8.12. The number of ether oxygens (including phenoxy) is 2. The smallest absolute Gasteiger partial charge is 0.494 e. The van der Waals surface area contributed by atoms with Crippen molar-refractivity contribution in [3.63, 3.8) is 0 Å². The van der Waals surface area contributed by atoms with Crippen molar-refractivity contribution in [1.29, 1.82) is 0 Å². The topological polar surface area (TPSA) is 75.3 Å². The molecule has 1 aromatic rings. The molecule has 38 heavy (non-hydrogen) atoms. The van der Waals surface area contributed by atoms with E-state index < -0.39 is 14.9 Å². The second kappa shape index (κ2) is 23.1. The molecule has 1 N–H and O–H groups in total. The van der Waals surface area contributed by atoms with Crippen molar-refractivity contribution in [3.05, 3.63) is 36.1 Å². The predicted molar refractivity (Wildman–Crippen MR) is 157 cm³/mol. The molecule has 0 bridgehead atoms. The van der Waals surface area contributed by atoms with Crippen LogP contribution in [0.25, 0.3) is 6.08 Å². The zero-order valence-electron chi connectivity index (χ0n) is 24.4. The first kappa shape index (κ1) is 34.2. The molecule has 218 valence electrons. The van der Waals surface area contributed by atoms with Gasteiger partial charge in [-0.25, -0.2) is 4.79 Å². The molecule has 0 aliphatic carbocycles. The molecule has 0 aliphatic rings. The minimum absolute atomic E-state index is 0.458. The molecular weight excluding hydrogens is 498 g/mol. The minimum Gasteiger partial charge on any atom is -0.494 e. The summed E-state index contributed by atoms with van der Waals surface area (Å²) >= 11 is 0. The summed E-state index contributed by atoms with van der Waals surface area (Å²) in [7, 11) is -2.68. The average Bonchev–Trinajstić information content (AvgIpc) is 2.91. The normalized spacial score (nSPS) is 11.7. The summed E-state index contributed by atoms with van der Waals surface area (Å²) in [5.74, 6) is 0.863. The molecule has 0 saturated carbocycles. The number of carbonyl (C=O) groups is 1. The van der Waals surface area contributed by atoms with Gasteiger partial charge in [0, 0.05) is 32.4 Å². The lowest BCUT2D eigenvalue weighted by Crippen LogP contribution is -2.46. The number of hydrogen-bond donors (Lipinski definition) is 1. The molecular formula is C30H53NO6Si. The standard InChI is InChI=1S/C30H53NO6Si/c1-5-9-10-11-12-13-14-15-16-17-25-33-29-21-19-28(20-22-29)23-26-34-30(32)31-24-18-27-38(35-6-2,36-7-3)37-8-4/h19-23,26H,5-18,24-25,27H2,1-4H3,(H,31,32)/b26-23+. The van der Waals surface area contributed by atoms with Crippen LogP contribution in [0, 0.1) is 0 Å². The Balaban J connectivity index is 2.17. The lowest BCUT2D eigenvalue weighted by atomic mass is 10.1. The number of unbranched alkanes of at least 4 members (excludes halogenated alkanes) is 9. The van der Waals surface area contributed by atoms with E-state index in [9.17, 15) is 4.79 Å². The van der Waals surface area contributed by atoms with Crippen molar-refractivity contribution in [2.45, 2.75) is 104 Å². The van der Waals surface area contributed by atoms with Crippen LogP contribution < -0.4 is 10.1 Å². The lowest BCUT2D eigenvalue weighted by Gasteiger charge is -2.28. The number of amides is 1. The first-order valence-corrected chi connectivity index (χ1v) is 16.8. The van der Waals surface area contributed by atoms with Crippen LogP contribution in [-0.2, 0) is 18.0 Å². The first-order chi connectivity index (χ1) is 18.6. The first-order valence-electron chi connectivity index (χ1n) is 14.8. The van der Waals surface area contributed by atoms with Crippen LogP contribution in [-0.4, -0.2) is 47.9 Å². The van der Waals surface area contributed by atoms with E-state index in [2.05, 4.69) is 12.2 Å². The summed E-state index contributed by atoms with van der Waals surface area (Å²) in [5.41, 5.74) is 0.935. The largest absolute Gasteiger partial charge is 0.500 e. The van der Waals surface area contributed by atoms with Gasteiger partial charge in [0.1, 0.15) is 5.75 Å². The maximum atomic E-state index is 12.0. The number of benzene rings is 1. The molecule has 0 aromatic heterocycles. The van der Waals surface area contributed by atoms with E-state index in [1.165, 1.54) is 64.0 Å². The maximum Gasteiger partial charge on any atom is 0.500 e. The average molecular weight is 552 g/mol. The highest BCUT2D eigenvalue weighted by molar-refractivity contribution is 6.60. The van der Waals surface area contributed by atoms with E-state index in [1.54, 1.807) is 6.08 Å². The molecule has 0 fully saturated rings. The van der Waals surface area contributed by atoms with E-state index in [4.69, 9.17) is 22.8 Å². The molecule has 7 nitrogen and oxygen atoms in total. The summed E-state index contributed by atoms with van der Waals surface area (Å²) in [4.78, 5) is 12.0. The van der Waals surface area contributed by atoms with Crippen LogP contribution >= 0.6 is 0 Å². The van der Waals surface area contributed by atoms with Crippen molar-refractivity contribution in [1.82, 2.24) is 5.32 Å². The zero-order valence-corrected chi connectivity index (χ0v) is 25.4. The Morgan fingerprint density at radius 2 is 1.32 bits per heavy atom. The van der Waals surface area contributed by atoms with Gasteiger partial charge in [-0.1, -0.05) is 76.8 Å².